The number of aromatic amines is 1. The van der Waals surface area contributed by atoms with E-state index in [0.29, 0.717) is 13.2 Å². The van der Waals surface area contributed by atoms with Crippen molar-refractivity contribution in [3.05, 3.63) is 35.1 Å². The number of benzene rings is 1. The van der Waals surface area contributed by atoms with E-state index in [1.165, 1.54) is 0 Å². The van der Waals surface area contributed by atoms with Gasteiger partial charge in [0.05, 0.1) is 6.61 Å². The first kappa shape index (κ1) is 12.1. The number of rotatable bonds is 5. The van der Waals surface area contributed by atoms with Gasteiger partial charge in [-0.2, -0.15) is 0 Å². The third kappa shape index (κ3) is 3.08. The van der Waals surface area contributed by atoms with E-state index in [9.17, 15) is 0 Å². The van der Waals surface area contributed by atoms with Gasteiger partial charge in [-0.3, -0.25) is 0 Å². The van der Waals surface area contributed by atoms with Crippen LogP contribution in [0.25, 0.3) is 11.4 Å². The summed E-state index contributed by atoms with van der Waals surface area (Å²) in [5, 5.41) is 0. The van der Waals surface area contributed by atoms with Crippen molar-refractivity contribution < 1.29 is 9.47 Å². The Hall–Kier alpha value is -1.33. The zero-order valence-corrected chi connectivity index (χ0v) is 11.0. The number of hydrogen-bond donors (Lipinski definition) is 1. The summed E-state index contributed by atoms with van der Waals surface area (Å²) in [5.74, 6) is 1.64. The predicted octanol–water partition coefficient (Wildman–Crippen LogP) is 2.86. The van der Waals surface area contributed by atoms with Crippen LogP contribution in [-0.2, 0) is 4.74 Å². The fraction of sp³-hybridized carbons (Fsp3) is 0.250. The van der Waals surface area contributed by atoms with Crippen molar-refractivity contribution in [1.82, 2.24) is 9.97 Å². The summed E-state index contributed by atoms with van der Waals surface area (Å²) in [4.78, 5) is 7.27. The van der Waals surface area contributed by atoms with Crippen LogP contribution in [0.5, 0.6) is 5.75 Å². The van der Waals surface area contributed by atoms with Gasteiger partial charge in [0.25, 0.3) is 0 Å². The summed E-state index contributed by atoms with van der Waals surface area (Å²) in [5.41, 5.74) is 1.01. The highest BCUT2D eigenvalue weighted by atomic mass is 79.9. The number of nitrogens with zero attached hydrogens (tertiary/aromatic N) is 1. The van der Waals surface area contributed by atoms with Crippen LogP contribution in [0.3, 0.4) is 0 Å². The lowest BCUT2D eigenvalue weighted by atomic mass is 10.2. The lowest BCUT2D eigenvalue weighted by molar-refractivity contribution is 0.146. The van der Waals surface area contributed by atoms with Crippen molar-refractivity contribution in [2.75, 3.05) is 20.3 Å². The summed E-state index contributed by atoms with van der Waals surface area (Å²) in [7, 11) is 1.65. The lowest BCUT2D eigenvalue weighted by Crippen LogP contribution is -2.04. The SMILES string of the molecule is COCCOc1ccc(-c2ncc[nH]2)c(Br)c1. The molecule has 0 fully saturated rings. The number of aromatic nitrogens is 2. The fourth-order valence-electron chi connectivity index (χ4n) is 1.43. The molecule has 0 aliphatic carbocycles. The van der Waals surface area contributed by atoms with E-state index >= 15 is 0 Å². The molecule has 5 heteroatoms. The number of halogens is 1. The van der Waals surface area contributed by atoms with Crippen molar-refractivity contribution in [1.29, 1.82) is 0 Å². The maximum atomic E-state index is 5.51. The van der Waals surface area contributed by atoms with Crippen LogP contribution in [0.2, 0.25) is 0 Å². The van der Waals surface area contributed by atoms with Gasteiger partial charge in [0.15, 0.2) is 0 Å². The molecule has 1 N–H and O–H groups in total. The maximum Gasteiger partial charge on any atom is 0.138 e. The molecule has 0 unspecified atom stereocenters. The zero-order chi connectivity index (χ0) is 12.1. The molecule has 0 bridgehead atoms. The largest absolute Gasteiger partial charge is 0.491 e. The molecular formula is C12H13BrN2O2. The Labute approximate surface area is 108 Å². The van der Waals surface area contributed by atoms with Gasteiger partial charge in [-0.25, -0.2) is 4.98 Å². The van der Waals surface area contributed by atoms with E-state index in [0.717, 1.165) is 21.6 Å². The van der Waals surface area contributed by atoms with Crippen LogP contribution in [0.15, 0.2) is 35.1 Å². The van der Waals surface area contributed by atoms with E-state index in [1.807, 2.05) is 18.2 Å². The minimum atomic E-state index is 0.545. The van der Waals surface area contributed by atoms with Crippen LogP contribution < -0.4 is 4.74 Å². The molecule has 2 rings (SSSR count). The number of methoxy groups -OCH3 is 1. The Bertz CT molecular complexity index is 471. The molecule has 0 saturated heterocycles. The molecule has 1 aromatic heterocycles. The Balaban J connectivity index is 2.12. The first-order valence-corrected chi connectivity index (χ1v) is 6.01. The Morgan fingerprint density at radius 2 is 2.24 bits per heavy atom. The van der Waals surface area contributed by atoms with Crippen LogP contribution in [0.4, 0.5) is 0 Å². The Morgan fingerprint density at radius 3 is 2.88 bits per heavy atom. The number of ether oxygens (including phenoxy) is 2. The number of imidazole rings is 1. The summed E-state index contributed by atoms with van der Waals surface area (Å²) in [6.45, 7) is 1.13. The highest BCUT2D eigenvalue weighted by Gasteiger charge is 2.06. The average molecular weight is 297 g/mol. The lowest BCUT2D eigenvalue weighted by Gasteiger charge is -2.07. The second-order valence-corrected chi connectivity index (χ2v) is 4.28. The normalized spacial score (nSPS) is 10.5. The van der Waals surface area contributed by atoms with Gasteiger partial charge < -0.3 is 14.5 Å². The zero-order valence-electron chi connectivity index (χ0n) is 9.44. The van der Waals surface area contributed by atoms with Gasteiger partial charge in [0.2, 0.25) is 0 Å². The highest BCUT2D eigenvalue weighted by Crippen LogP contribution is 2.29. The molecule has 0 radical (unpaired) electrons. The summed E-state index contributed by atoms with van der Waals surface area (Å²) >= 11 is 3.51. The Morgan fingerprint density at radius 1 is 1.35 bits per heavy atom. The molecule has 0 amide bonds. The smallest absolute Gasteiger partial charge is 0.138 e. The van der Waals surface area contributed by atoms with Gasteiger partial charge in [-0.05, 0) is 34.1 Å². The van der Waals surface area contributed by atoms with E-state index in [1.54, 1.807) is 19.5 Å². The summed E-state index contributed by atoms with van der Waals surface area (Å²) in [6.07, 6.45) is 3.52. The van der Waals surface area contributed by atoms with Gasteiger partial charge >= 0.3 is 0 Å². The molecule has 2 aromatic rings. The molecule has 0 spiro atoms. The van der Waals surface area contributed by atoms with Gasteiger partial charge in [-0.1, -0.05) is 0 Å². The molecule has 0 aliphatic heterocycles. The predicted molar refractivity (Wildman–Crippen MR) is 69.1 cm³/mol. The van der Waals surface area contributed by atoms with Gasteiger partial charge in [-0.15, -0.1) is 0 Å². The van der Waals surface area contributed by atoms with Crippen molar-refractivity contribution >= 4 is 15.9 Å². The molecule has 0 aliphatic rings. The van der Waals surface area contributed by atoms with Crippen LogP contribution in [-0.4, -0.2) is 30.3 Å². The standard InChI is InChI=1S/C12H13BrN2O2/c1-16-6-7-17-9-2-3-10(11(13)8-9)12-14-4-5-15-12/h2-5,8H,6-7H2,1H3,(H,14,15). The van der Waals surface area contributed by atoms with Crippen molar-refractivity contribution in [3.8, 4) is 17.1 Å². The first-order valence-electron chi connectivity index (χ1n) is 5.22. The van der Waals surface area contributed by atoms with E-state index < -0.39 is 0 Å². The highest BCUT2D eigenvalue weighted by molar-refractivity contribution is 9.10. The minimum Gasteiger partial charge on any atom is -0.491 e. The molecule has 1 heterocycles. The maximum absolute atomic E-state index is 5.51. The number of hydrogen-bond acceptors (Lipinski definition) is 3. The molecule has 17 heavy (non-hydrogen) atoms. The molecule has 90 valence electrons. The van der Waals surface area contributed by atoms with E-state index in [2.05, 4.69) is 25.9 Å². The fourth-order valence-corrected chi connectivity index (χ4v) is 1.98. The molecule has 0 saturated carbocycles. The average Bonchev–Trinajstić information content (AvgIpc) is 2.83. The van der Waals surface area contributed by atoms with Crippen molar-refractivity contribution in [2.24, 2.45) is 0 Å². The Kier molecular flexibility index (Phi) is 4.17. The monoisotopic (exact) mass is 296 g/mol. The molecular weight excluding hydrogens is 284 g/mol. The number of nitrogens with one attached hydrogen (secondary N) is 1. The van der Waals surface area contributed by atoms with Gasteiger partial charge in [0.1, 0.15) is 18.2 Å². The van der Waals surface area contributed by atoms with E-state index in [-0.39, 0.29) is 0 Å². The second kappa shape index (κ2) is 5.84. The first-order chi connectivity index (χ1) is 8.31. The van der Waals surface area contributed by atoms with Crippen LogP contribution in [0, 0.1) is 0 Å². The minimum absolute atomic E-state index is 0.545. The van der Waals surface area contributed by atoms with Crippen LogP contribution in [0.1, 0.15) is 0 Å². The van der Waals surface area contributed by atoms with Crippen LogP contribution >= 0.6 is 15.9 Å². The molecule has 4 nitrogen and oxygen atoms in total. The molecule has 0 atom stereocenters. The van der Waals surface area contributed by atoms with Crippen molar-refractivity contribution in [2.45, 2.75) is 0 Å². The van der Waals surface area contributed by atoms with E-state index in [4.69, 9.17) is 9.47 Å². The molecule has 1 aromatic carbocycles. The number of H-pyrrole nitrogens is 1. The third-order valence-electron chi connectivity index (χ3n) is 2.25. The summed E-state index contributed by atoms with van der Waals surface area (Å²) < 4.78 is 11.4. The third-order valence-corrected chi connectivity index (χ3v) is 2.91. The van der Waals surface area contributed by atoms with Crippen molar-refractivity contribution in [3.63, 3.8) is 0 Å². The second-order valence-electron chi connectivity index (χ2n) is 3.42. The summed E-state index contributed by atoms with van der Waals surface area (Å²) in [6, 6.07) is 5.80. The topological polar surface area (TPSA) is 47.1 Å². The quantitative estimate of drug-likeness (QED) is 0.863. The van der Waals surface area contributed by atoms with Gasteiger partial charge in [0, 0.05) is 29.5 Å².